The third-order valence-corrected chi connectivity index (χ3v) is 8.50. The predicted molar refractivity (Wildman–Crippen MR) is 124 cm³/mol. The van der Waals surface area contributed by atoms with Crippen LogP contribution in [0.25, 0.3) is 15.9 Å². The fraction of sp³-hybridized carbons (Fsp3) is 0.455. The Bertz CT molecular complexity index is 1080. The molecule has 1 unspecified atom stereocenters. The average Bonchev–Trinajstić information content (AvgIpc) is 3.13. The van der Waals surface area contributed by atoms with Crippen LogP contribution in [0.4, 0.5) is 0 Å². The summed E-state index contributed by atoms with van der Waals surface area (Å²) in [5.41, 5.74) is 2.19. The van der Waals surface area contributed by atoms with Crippen LogP contribution in [0.15, 0.2) is 38.7 Å². The number of aryl methyl sites for hydroxylation is 2. The number of nitrogens with zero attached hydrogens (tertiary/aromatic N) is 2. The molecule has 1 aliphatic carbocycles. The Balaban J connectivity index is 1.62. The molecule has 3 heterocycles. The second kappa shape index (κ2) is 8.53. The van der Waals surface area contributed by atoms with Gasteiger partial charge in [-0.2, -0.15) is 0 Å². The lowest BCUT2D eigenvalue weighted by atomic mass is 9.97. The fourth-order valence-corrected chi connectivity index (χ4v) is 6.85. The maximum atomic E-state index is 13.7. The van der Waals surface area contributed by atoms with Gasteiger partial charge in [0.15, 0.2) is 5.16 Å². The summed E-state index contributed by atoms with van der Waals surface area (Å²) < 4.78 is 8.72. The first-order valence-electron chi connectivity index (χ1n) is 10.3. The van der Waals surface area contributed by atoms with Crippen LogP contribution in [0.3, 0.4) is 0 Å². The Hall–Kier alpha value is -1.15. The van der Waals surface area contributed by atoms with Crippen LogP contribution < -0.4 is 5.56 Å². The molecule has 1 aliphatic heterocycles. The Kier molecular flexibility index (Phi) is 5.82. The normalized spacial score (nSPS) is 19.4. The van der Waals surface area contributed by atoms with Gasteiger partial charge in [-0.05, 0) is 74.8 Å². The van der Waals surface area contributed by atoms with Crippen molar-refractivity contribution >= 4 is 49.2 Å². The van der Waals surface area contributed by atoms with E-state index >= 15 is 0 Å². The molecule has 0 N–H and O–H groups in total. The van der Waals surface area contributed by atoms with E-state index in [2.05, 4.69) is 15.9 Å². The largest absolute Gasteiger partial charge is 0.377 e. The third kappa shape index (κ3) is 3.94. The number of hydrogen-bond donors (Lipinski definition) is 0. The first kappa shape index (κ1) is 19.8. The first-order chi connectivity index (χ1) is 14.2. The number of fused-ring (bicyclic) bond motifs is 3. The number of thiophene rings is 1. The van der Waals surface area contributed by atoms with Gasteiger partial charge in [0.25, 0.3) is 5.56 Å². The molecule has 0 amide bonds. The molecular weight excluding hydrogens is 468 g/mol. The monoisotopic (exact) mass is 490 g/mol. The van der Waals surface area contributed by atoms with Crippen LogP contribution in [0.5, 0.6) is 0 Å². The zero-order chi connectivity index (χ0) is 19.8. The molecule has 152 valence electrons. The van der Waals surface area contributed by atoms with E-state index in [1.165, 1.54) is 23.3 Å². The van der Waals surface area contributed by atoms with Crippen molar-refractivity contribution < 1.29 is 4.74 Å². The van der Waals surface area contributed by atoms with Gasteiger partial charge in [0.1, 0.15) is 4.83 Å². The van der Waals surface area contributed by atoms with E-state index in [-0.39, 0.29) is 11.7 Å². The topological polar surface area (TPSA) is 44.1 Å². The van der Waals surface area contributed by atoms with E-state index in [0.717, 1.165) is 70.0 Å². The summed E-state index contributed by atoms with van der Waals surface area (Å²) in [5.74, 6) is 0.833. The van der Waals surface area contributed by atoms with Crippen LogP contribution in [0, 0.1) is 0 Å². The quantitative estimate of drug-likeness (QED) is 0.344. The highest BCUT2D eigenvalue weighted by atomic mass is 79.9. The number of benzene rings is 1. The predicted octanol–water partition coefficient (Wildman–Crippen LogP) is 5.75. The molecule has 7 heteroatoms. The van der Waals surface area contributed by atoms with Crippen LogP contribution in [0.2, 0.25) is 0 Å². The summed E-state index contributed by atoms with van der Waals surface area (Å²) in [6, 6.07) is 7.93. The Morgan fingerprint density at radius 1 is 1.17 bits per heavy atom. The van der Waals surface area contributed by atoms with Crippen molar-refractivity contribution in [3.8, 4) is 5.69 Å². The van der Waals surface area contributed by atoms with E-state index in [9.17, 15) is 4.79 Å². The van der Waals surface area contributed by atoms with Crippen molar-refractivity contribution in [3.63, 3.8) is 0 Å². The summed E-state index contributed by atoms with van der Waals surface area (Å²) in [5, 5.41) is 1.61. The maximum Gasteiger partial charge on any atom is 0.267 e. The summed E-state index contributed by atoms with van der Waals surface area (Å²) in [7, 11) is 0. The van der Waals surface area contributed by atoms with Gasteiger partial charge in [0.05, 0.1) is 17.2 Å². The fourth-order valence-electron chi connectivity index (χ4n) is 4.21. The van der Waals surface area contributed by atoms with Gasteiger partial charge in [-0.15, -0.1) is 11.3 Å². The number of aromatic nitrogens is 2. The second-order valence-electron chi connectivity index (χ2n) is 7.70. The Morgan fingerprint density at radius 3 is 2.79 bits per heavy atom. The lowest BCUT2D eigenvalue weighted by molar-refractivity contribution is 0.0315. The molecule has 1 aromatic carbocycles. The molecule has 0 bridgehead atoms. The minimum absolute atomic E-state index is 0.0729. The van der Waals surface area contributed by atoms with Gasteiger partial charge < -0.3 is 4.74 Å². The van der Waals surface area contributed by atoms with E-state index in [4.69, 9.17) is 9.72 Å². The van der Waals surface area contributed by atoms with Crippen molar-refractivity contribution in [1.82, 2.24) is 9.55 Å². The SMILES string of the molecule is O=c1c2c3c(sc2nc(SCC2CCCCO2)n1-c1ccc(Br)cc1)CCCC3. The number of hydrogen-bond acceptors (Lipinski definition) is 5. The van der Waals surface area contributed by atoms with Crippen molar-refractivity contribution in [2.75, 3.05) is 12.4 Å². The van der Waals surface area contributed by atoms with Gasteiger partial charge in [-0.25, -0.2) is 4.98 Å². The molecule has 0 saturated carbocycles. The Labute approximate surface area is 186 Å². The summed E-state index contributed by atoms with van der Waals surface area (Å²) in [6.07, 6.45) is 8.14. The van der Waals surface area contributed by atoms with Crippen LogP contribution in [-0.2, 0) is 17.6 Å². The number of ether oxygens (including phenoxy) is 1. The molecule has 1 saturated heterocycles. The van der Waals surface area contributed by atoms with Crippen LogP contribution in [0.1, 0.15) is 42.5 Å². The molecule has 2 aliphatic rings. The third-order valence-electron chi connectivity index (χ3n) is 5.72. The Morgan fingerprint density at radius 2 is 2.00 bits per heavy atom. The molecule has 0 radical (unpaired) electrons. The lowest BCUT2D eigenvalue weighted by Crippen LogP contribution is -2.24. The van der Waals surface area contributed by atoms with Crippen LogP contribution >= 0.6 is 39.0 Å². The molecule has 5 rings (SSSR count). The van der Waals surface area contributed by atoms with Gasteiger partial charge in [0, 0.05) is 21.7 Å². The van der Waals surface area contributed by atoms with E-state index < -0.39 is 0 Å². The highest BCUT2D eigenvalue weighted by molar-refractivity contribution is 9.10. The lowest BCUT2D eigenvalue weighted by Gasteiger charge is -2.22. The van der Waals surface area contributed by atoms with E-state index in [0.29, 0.717) is 0 Å². The second-order valence-corrected chi connectivity index (χ2v) is 10.7. The minimum Gasteiger partial charge on any atom is -0.377 e. The average molecular weight is 491 g/mol. The highest BCUT2D eigenvalue weighted by Crippen LogP contribution is 2.35. The van der Waals surface area contributed by atoms with Crippen molar-refractivity contribution in [2.45, 2.75) is 56.2 Å². The molecule has 2 aromatic heterocycles. The number of thioether (sulfide) groups is 1. The van der Waals surface area contributed by atoms with Crippen molar-refractivity contribution in [1.29, 1.82) is 0 Å². The van der Waals surface area contributed by atoms with Crippen LogP contribution in [-0.4, -0.2) is 28.0 Å². The van der Waals surface area contributed by atoms with Gasteiger partial charge in [-0.1, -0.05) is 27.7 Å². The highest BCUT2D eigenvalue weighted by Gasteiger charge is 2.24. The molecule has 1 fully saturated rings. The van der Waals surface area contributed by atoms with Gasteiger partial charge in [0.2, 0.25) is 0 Å². The van der Waals surface area contributed by atoms with Gasteiger partial charge in [-0.3, -0.25) is 9.36 Å². The summed E-state index contributed by atoms with van der Waals surface area (Å²) in [4.78, 5) is 21.0. The number of rotatable bonds is 4. The molecule has 1 atom stereocenters. The standard InChI is InChI=1S/C22H23BrN2O2S2/c23-14-8-10-15(11-9-14)25-21(26)19-17-6-1-2-7-18(17)29-20(19)24-22(25)28-13-16-5-3-4-12-27-16/h8-11,16H,1-7,12-13H2. The first-order valence-corrected chi connectivity index (χ1v) is 12.9. The van der Waals surface area contributed by atoms with E-state index in [1.807, 2.05) is 28.8 Å². The zero-order valence-corrected chi connectivity index (χ0v) is 19.4. The number of halogens is 1. The molecule has 0 spiro atoms. The maximum absolute atomic E-state index is 13.7. The molecule has 3 aromatic rings. The molecule has 4 nitrogen and oxygen atoms in total. The summed E-state index contributed by atoms with van der Waals surface area (Å²) >= 11 is 6.87. The minimum atomic E-state index is 0.0729. The van der Waals surface area contributed by atoms with Gasteiger partial charge >= 0.3 is 0 Å². The molecule has 29 heavy (non-hydrogen) atoms. The van der Waals surface area contributed by atoms with Crippen molar-refractivity contribution in [3.05, 3.63) is 49.5 Å². The van der Waals surface area contributed by atoms with E-state index in [1.54, 1.807) is 23.1 Å². The smallest absolute Gasteiger partial charge is 0.267 e. The summed E-state index contributed by atoms with van der Waals surface area (Å²) in [6.45, 7) is 0.842. The molecular formula is C22H23BrN2O2S2. The zero-order valence-electron chi connectivity index (χ0n) is 16.2. The van der Waals surface area contributed by atoms with Crippen molar-refractivity contribution in [2.24, 2.45) is 0 Å².